The summed E-state index contributed by atoms with van der Waals surface area (Å²) in [5.41, 5.74) is 3.50. The van der Waals surface area contributed by atoms with Gasteiger partial charge in [0.2, 0.25) is 0 Å². The zero-order valence-corrected chi connectivity index (χ0v) is 14.4. The number of aliphatic hydroxyl groups is 1. The highest BCUT2D eigenvalue weighted by atomic mass is 16.5. The second kappa shape index (κ2) is 8.09. The summed E-state index contributed by atoms with van der Waals surface area (Å²) in [6.45, 7) is 9.92. The lowest BCUT2D eigenvalue weighted by atomic mass is 9.92. The number of hydrogen-bond acceptors (Lipinski definition) is 4. The molecular formula is C17H31N3O2. The maximum Gasteiger partial charge on any atom is 0.0644 e. The van der Waals surface area contributed by atoms with Gasteiger partial charge in [0.15, 0.2) is 0 Å². The van der Waals surface area contributed by atoms with Crippen molar-refractivity contribution in [2.75, 3.05) is 6.61 Å². The van der Waals surface area contributed by atoms with E-state index >= 15 is 0 Å². The van der Waals surface area contributed by atoms with Crippen LogP contribution in [0, 0.1) is 13.8 Å². The quantitative estimate of drug-likeness (QED) is 0.811. The minimum atomic E-state index is 0.134. The molecule has 2 N–H and O–H groups in total. The Morgan fingerprint density at radius 2 is 1.95 bits per heavy atom. The molecule has 1 heterocycles. The minimum Gasteiger partial charge on any atom is -0.394 e. The Bertz CT molecular complexity index is 463. The highest BCUT2D eigenvalue weighted by Gasteiger charge is 2.22. The van der Waals surface area contributed by atoms with Gasteiger partial charge in [0.1, 0.15) is 0 Å². The first kappa shape index (κ1) is 17.4. The van der Waals surface area contributed by atoms with Crippen LogP contribution in [0.2, 0.25) is 0 Å². The molecule has 0 unspecified atom stereocenters. The third kappa shape index (κ3) is 4.54. The average molecular weight is 309 g/mol. The van der Waals surface area contributed by atoms with E-state index in [0.29, 0.717) is 24.8 Å². The van der Waals surface area contributed by atoms with E-state index in [1.165, 1.54) is 18.4 Å². The zero-order valence-electron chi connectivity index (χ0n) is 14.4. The molecule has 2 rings (SSSR count). The van der Waals surface area contributed by atoms with E-state index in [4.69, 9.17) is 9.84 Å². The highest BCUT2D eigenvalue weighted by molar-refractivity contribution is 5.24. The summed E-state index contributed by atoms with van der Waals surface area (Å²) in [4.78, 5) is 0. The van der Waals surface area contributed by atoms with Crippen LogP contribution in [0.5, 0.6) is 0 Å². The standard InChI is InChI=1S/C17H31N3O2/c1-12(2)22-16-7-5-15(6-8-16)18-11-17-13(3)19-20(9-10-21)14(17)4/h12,15-16,18,21H,5-11H2,1-4H3. The molecule has 5 nitrogen and oxygen atoms in total. The maximum atomic E-state index is 9.08. The molecule has 1 fully saturated rings. The molecule has 0 bridgehead atoms. The summed E-state index contributed by atoms with van der Waals surface area (Å²) >= 11 is 0. The molecule has 22 heavy (non-hydrogen) atoms. The monoisotopic (exact) mass is 309 g/mol. The molecule has 0 amide bonds. The van der Waals surface area contributed by atoms with Gasteiger partial charge in [-0.3, -0.25) is 4.68 Å². The van der Waals surface area contributed by atoms with Crippen molar-refractivity contribution in [1.29, 1.82) is 0 Å². The van der Waals surface area contributed by atoms with Gasteiger partial charge in [-0.2, -0.15) is 5.10 Å². The lowest BCUT2D eigenvalue weighted by Crippen LogP contribution is -2.35. The van der Waals surface area contributed by atoms with Crippen LogP contribution in [0.15, 0.2) is 0 Å². The van der Waals surface area contributed by atoms with Crippen LogP contribution in [0.25, 0.3) is 0 Å². The Hall–Kier alpha value is -0.910. The van der Waals surface area contributed by atoms with Gasteiger partial charge < -0.3 is 15.2 Å². The molecule has 1 aromatic rings. The number of aliphatic hydroxyl groups excluding tert-OH is 1. The third-order valence-electron chi connectivity index (χ3n) is 4.55. The molecule has 1 aliphatic rings. The van der Waals surface area contributed by atoms with Gasteiger partial charge in [-0.1, -0.05) is 0 Å². The van der Waals surface area contributed by atoms with Crippen molar-refractivity contribution in [3.05, 3.63) is 17.0 Å². The summed E-state index contributed by atoms with van der Waals surface area (Å²) in [5.74, 6) is 0. The number of nitrogens with one attached hydrogen (secondary N) is 1. The molecule has 0 saturated heterocycles. The Morgan fingerprint density at radius 3 is 2.55 bits per heavy atom. The van der Waals surface area contributed by atoms with E-state index in [2.05, 4.69) is 31.2 Å². The van der Waals surface area contributed by atoms with Crippen LogP contribution in [-0.2, 0) is 17.8 Å². The first-order valence-electron chi connectivity index (χ1n) is 8.53. The summed E-state index contributed by atoms with van der Waals surface area (Å²) in [6.07, 6.45) is 5.43. The van der Waals surface area contributed by atoms with E-state index < -0.39 is 0 Å². The number of hydrogen-bond donors (Lipinski definition) is 2. The number of rotatable bonds is 7. The van der Waals surface area contributed by atoms with Gasteiger partial charge in [-0.05, 0) is 53.4 Å². The van der Waals surface area contributed by atoms with Crippen molar-refractivity contribution in [1.82, 2.24) is 15.1 Å². The van der Waals surface area contributed by atoms with E-state index in [1.54, 1.807) is 0 Å². The highest BCUT2D eigenvalue weighted by Crippen LogP contribution is 2.23. The van der Waals surface area contributed by atoms with Crippen molar-refractivity contribution in [3.8, 4) is 0 Å². The van der Waals surface area contributed by atoms with Crippen molar-refractivity contribution >= 4 is 0 Å². The van der Waals surface area contributed by atoms with E-state index in [-0.39, 0.29) is 6.61 Å². The fraction of sp³-hybridized carbons (Fsp3) is 0.824. The molecule has 0 spiro atoms. The second-order valence-corrected chi connectivity index (χ2v) is 6.64. The van der Waals surface area contributed by atoms with Crippen LogP contribution < -0.4 is 5.32 Å². The predicted octanol–water partition coefficient (Wildman–Crippen LogP) is 2.32. The number of nitrogens with zero attached hydrogens (tertiary/aromatic N) is 2. The summed E-state index contributed by atoms with van der Waals surface area (Å²) in [6, 6.07) is 0.576. The van der Waals surface area contributed by atoms with Gasteiger partial charge in [0, 0.05) is 23.8 Å². The van der Waals surface area contributed by atoms with Crippen LogP contribution in [-0.4, -0.2) is 39.7 Å². The van der Waals surface area contributed by atoms with Crippen molar-refractivity contribution < 1.29 is 9.84 Å². The maximum absolute atomic E-state index is 9.08. The van der Waals surface area contributed by atoms with Gasteiger partial charge in [0.05, 0.1) is 31.1 Å². The van der Waals surface area contributed by atoms with Crippen LogP contribution in [0.4, 0.5) is 0 Å². The summed E-state index contributed by atoms with van der Waals surface area (Å²) in [7, 11) is 0. The first-order chi connectivity index (χ1) is 10.5. The van der Waals surface area contributed by atoms with Crippen molar-refractivity contribution in [2.24, 2.45) is 0 Å². The molecule has 1 saturated carbocycles. The SMILES string of the molecule is Cc1nn(CCO)c(C)c1CNC1CCC(OC(C)C)CC1. The molecular weight excluding hydrogens is 278 g/mol. The predicted molar refractivity (Wildman–Crippen MR) is 87.9 cm³/mol. The van der Waals surface area contributed by atoms with E-state index in [9.17, 15) is 0 Å². The molecule has 0 radical (unpaired) electrons. The minimum absolute atomic E-state index is 0.134. The summed E-state index contributed by atoms with van der Waals surface area (Å²) in [5, 5.41) is 17.3. The first-order valence-corrected chi connectivity index (χ1v) is 8.53. The van der Waals surface area contributed by atoms with Gasteiger partial charge in [-0.15, -0.1) is 0 Å². The lowest BCUT2D eigenvalue weighted by molar-refractivity contribution is -0.0162. The van der Waals surface area contributed by atoms with Crippen LogP contribution in [0.3, 0.4) is 0 Å². The smallest absolute Gasteiger partial charge is 0.0644 e. The Balaban J connectivity index is 1.82. The fourth-order valence-corrected chi connectivity index (χ4v) is 3.34. The van der Waals surface area contributed by atoms with Gasteiger partial charge in [-0.25, -0.2) is 0 Å². The molecule has 1 aliphatic carbocycles. The molecule has 126 valence electrons. The average Bonchev–Trinajstić information content (AvgIpc) is 2.73. The van der Waals surface area contributed by atoms with Crippen LogP contribution in [0.1, 0.15) is 56.5 Å². The Morgan fingerprint density at radius 1 is 1.27 bits per heavy atom. The number of aromatic nitrogens is 2. The van der Waals surface area contributed by atoms with Gasteiger partial charge in [0.25, 0.3) is 0 Å². The number of aryl methyl sites for hydroxylation is 1. The molecule has 5 heteroatoms. The van der Waals surface area contributed by atoms with Crippen LogP contribution >= 0.6 is 0 Å². The largest absolute Gasteiger partial charge is 0.394 e. The zero-order chi connectivity index (χ0) is 16.1. The lowest BCUT2D eigenvalue weighted by Gasteiger charge is -2.30. The van der Waals surface area contributed by atoms with Crippen molar-refractivity contribution in [3.63, 3.8) is 0 Å². The normalized spacial score (nSPS) is 22.5. The Labute approximate surface area is 134 Å². The van der Waals surface area contributed by atoms with Gasteiger partial charge >= 0.3 is 0 Å². The fourth-order valence-electron chi connectivity index (χ4n) is 3.34. The summed E-state index contributed by atoms with van der Waals surface area (Å²) < 4.78 is 7.81. The molecule has 0 aliphatic heterocycles. The molecule has 0 atom stereocenters. The third-order valence-corrected chi connectivity index (χ3v) is 4.55. The van der Waals surface area contributed by atoms with E-state index in [1.807, 2.05) is 11.6 Å². The topological polar surface area (TPSA) is 59.3 Å². The molecule has 0 aromatic carbocycles. The Kier molecular flexibility index (Phi) is 6.41. The molecule has 1 aromatic heterocycles. The number of ether oxygens (including phenoxy) is 1. The van der Waals surface area contributed by atoms with Crippen molar-refractivity contribution in [2.45, 2.75) is 84.7 Å². The van der Waals surface area contributed by atoms with E-state index in [0.717, 1.165) is 30.8 Å². The second-order valence-electron chi connectivity index (χ2n) is 6.64.